The highest BCUT2D eigenvalue weighted by molar-refractivity contribution is 7.26. The van der Waals surface area contributed by atoms with Crippen LogP contribution in [-0.4, -0.2) is 0 Å². The molecule has 0 atom stereocenters. The van der Waals surface area contributed by atoms with Crippen molar-refractivity contribution in [1.82, 2.24) is 0 Å². The van der Waals surface area contributed by atoms with Crippen LogP contribution in [0.2, 0.25) is 0 Å². The molecule has 0 spiro atoms. The van der Waals surface area contributed by atoms with E-state index < -0.39 is 0 Å². The van der Waals surface area contributed by atoms with Crippen LogP contribution in [-0.2, 0) is 0 Å². The lowest BCUT2D eigenvalue weighted by Crippen LogP contribution is -2.09. The number of nitrogens with zero attached hydrogens (tertiary/aromatic N) is 1. The van der Waals surface area contributed by atoms with Gasteiger partial charge in [0.2, 0.25) is 0 Å². The van der Waals surface area contributed by atoms with Gasteiger partial charge in [0.1, 0.15) is 0 Å². The molecule has 3 heteroatoms. The average molecular weight is 838 g/mol. The van der Waals surface area contributed by atoms with Crippen LogP contribution in [0.3, 0.4) is 0 Å². The van der Waals surface area contributed by atoms with Crippen LogP contribution in [0.4, 0.5) is 17.1 Å². The first-order valence-corrected chi connectivity index (χ1v) is 23.0. The molecule has 0 saturated carbocycles. The number of benzene rings is 10. The number of hydrogen-bond donors (Lipinski definition) is 0. The second kappa shape index (κ2) is 15.7. The fraction of sp³-hybridized carbons (Fsp3) is 0. The molecule has 296 valence electrons. The Morgan fingerprint density at radius 2 is 0.651 bits per heavy atom. The summed E-state index contributed by atoms with van der Waals surface area (Å²) in [6.07, 6.45) is 0. The molecule has 0 unspecified atom stereocenters. The minimum Gasteiger partial charge on any atom is -0.311 e. The zero-order valence-electron chi connectivity index (χ0n) is 34.3. The molecule has 0 fully saturated rings. The lowest BCUT2D eigenvalue weighted by Gasteiger charge is -2.26. The molecule has 0 radical (unpaired) electrons. The average Bonchev–Trinajstić information content (AvgIpc) is 3.93. The van der Waals surface area contributed by atoms with Crippen molar-refractivity contribution < 1.29 is 0 Å². The first-order chi connectivity index (χ1) is 31.2. The van der Waals surface area contributed by atoms with Gasteiger partial charge in [0.05, 0.1) is 0 Å². The highest BCUT2D eigenvalue weighted by atomic mass is 32.1. The highest BCUT2D eigenvalue weighted by Crippen LogP contribution is 2.43. The first-order valence-electron chi connectivity index (χ1n) is 21.4. The summed E-state index contributed by atoms with van der Waals surface area (Å²) in [7, 11) is 0. The van der Waals surface area contributed by atoms with Crippen molar-refractivity contribution in [3.8, 4) is 55.6 Å². The first kappa shape index (κ1) is 37.2. The predicted octanol–water partition coefficient (Wildman–Crippen LogP) is 18.2. The quantitative estimate of drug-likeness (QED) is 0.147. The van der Waals surface area contributed by atoms with Gasteiger partial charge in [-0.2, -0.15) is 0 Å². The maximum atomic E-state index is 2.38. The van der Waals surface area contributed by atoms with Crippen LogP contribution in [0, 0.1) is 0 Å². The topological polar surface area (TPSA) is 3.24 Å². The Kier molecular flexibility index (Phi) is 9.29. The second-order valence-electron chi connectivity index (χ2n) is 16.1. The van der Waals surface area contributed by atoms with E-state index >= 15 is 0 Å². The van der Waals surface area contributed by atoms with Crippen LogP contribution >= 0.6 is 22.7 Å². The normalized spacial score (nSPS) is 11.5. The van der Waals surface area contributed by atoms with E-state index in [-0.39, 0.29) is 0 Å². The SMILES string of the molecule is c1ccc(-c2cc(-c3ccccc3)cc(-c3ccc(N(c4ccc(-c5ccc6c(c5)sc5ccccc56)cc4)c4ccc(-c5cccc6c5sc5ccccc56)cc4)cc3)c2)cc1. The van der Waals surface area contributed by atoms with Gasteiger partial charge in [0, 0.05) is 57.4 Å². The zero-order chi connectivity index (χ0) is 41.7. The molecule has 2 heterocycles. The molecule has 2 aromatic heterocycles. The molecule has 12 rings (SSSR count). The molecule has 0 bridgehead atoms. The van der Waals surface area contributed by atoms with Crippen LogP contribution in [0.5, 0.6) is 0 Å². The minimum atomic E-state index is 1.10. The molecule has 1 nitrogen and oxygen atoms in total. The highest BCUT2D eigenvalue weighted by Gasteiger charge is 2.17. The van der Waals surface area contributed by atoms with Crippen molar-refractivity contribution in [2.75, 3.05) is 4.90 Å². The maximum absolute atomic E-state index is 2.38. The van der Waals surface area contributed by atoms with Crippen molar-refractivity contribution in [3.05, 3.63) is 237 Å². The van der Waals surface area contributed by atoms with E-state index in [1.807, 2.05) is 22.7 Å². The van der Waals surface area contributed by atoms with E-state index in [0.29, 0.717) is 0 Å². The third-order valence-electron chi connectivity index (χ3n) is 12.3. The number of fused-ring (bicyclic) bond motifs is 6. The molecule has 10 aromatic carbocycles. The van der Waals surface area contributed by atoms with Gasteiger partial charge in [-0.15, -0.1) is 22.7 Å². The van der Waals surface area contributed by atoms with Gasteiger partial charge in [-0.3, -0.25) is 0 Å². The summed E-state index contributed by atoms with van der Waals surface area (Å²) in [5.41, 5.74) is 15.4. The standard InChI is InChI=1S/C60H39NS2/c1-3-12-40(13-4-1)46-36-47(41-14-5-2-6-15-41)38-48(37-46)43-24-31-50(32-25-43)61(49-29-22-42(23-30-49)45-28-35-55-53-16-7-9-20-57(53)62-59(55)39-45)51-33-26-44(27-34-51)52-18-11-19-56-54-17-8-10-21-58(54)63-60(52)56/h1-39H. The summed E-state index contributed by atoms with van der Waals surface area (Å²) >= 11 is 3.74. The van der Waals surface area contributed by atoms with E-state index in [4.69, 9.17) is 0 Å². The van der Waals surface area contributed by atoms with Gasteiger partial charge in [0.15, 0.2) is 0 Å². The summed E-state index contributed by atoms with van der Waals surface area (Å²) in [5, 5.41) is 5.28. The van der Waals surface area contributed by atoms with Gasteiger partial charge in [-0.05, 0) is 128 Å². The molecule has 0 aliphatic carbocycles. The molecule has 0 aliphatic rings. The fourth-order valence-corrected chi connectivity index (χ4v) is 11.5. The van der Waals surface area contributed by atoms with Crippen LogP contribution in [0.15, 0.2) is 237 Å². The van der Waals surface area contributed by atoms with E-state index in [9.17, 15) is 0 Å². The van der Waals surface area contributed by atoms with Crippen LogP contribution in [0.1, 0.15) is 0 Å². The number of anilines is 3. The largest absolute Gasteiger partial charge is 0.311 e. The van der Waals surface area contributed by atoms with Crippen molar-refractivity contribution in [1.29, 1.82) is 0 Å². The van der Waals surface area contributed by atoms with Crippen LogP contribution < -0.4 is 4.90 Å². The number of rotatable bonds is 8. The van der Waals surface area contributed by atoms with Crippen molar-refractivity contribution in [3.63, 3.8) is 0 Å². The Bertz CT molecular complexity index is 3530. The van der Waals surface area contributed by atoms with Crippen molar-refractivity contribution in [2.24, 2.45) is 0 Å². The van der Waals surface area contributed by atoms with Gasteiger partial charge >= 0.3 is 0 Å². The van der Waals surface area contributed by atoms with E-state index in [2.05, 4.69) is 241 Å². The summed E-state index contributed by atoms with van der Waals surface area (Å²) in [4.78, 5) is 2.38. The Morgan fingerprint density at radius 3 is 1.22 bits per heavy atom. The lowest BCUT2D eigenvalue weighted by atomic mass is 9.93. The summed E-state index contributed by atoms with van der Waals surface area (Å²) < 4.78 is 5.29. The monoisotopic (exact) mass is 837 g/mol. The number of hydrogen-bond acceptors (Lipinski definition) is 3. The summed E-state index contributed by atoms with van der Waals surface area (Å²) in [6, 6.07) is 86.6. The van der Waals surface area contributed by atoms with Crippen molar-refractivity contribution >= 4 is 80.1 Å². The minimum absolute atomic E-state index is 1.10. The summed E-state index contributed by atoms with van der Waals surface area (Å²) in [6.45, 7) is 0. The van der Waals surface area contributed by atoms with E-state index in [0.717, 1.165) is 17.1 Å². The Balaban J connectivity index is 0.937. The molecule has 12 aromatic rings. The Hall–Kier alpha value is -7.56. The van der Waals surface area contributed by atoms with E-state index in [1.54, 1.807) is 0 Å². The maximum Gasteiger partial charge on any atom is 0.0462 e. The molecule has 63 heavy (non-hydrogen) atoms. The molecular weight excluding hydrogens is 799 g/mol. The third kappa shape index (κ3) is 6.89. The van der Waals surface area contributed by atoms with Gasteiger partial charge in [-0.25, -0.2) is 0 Å². The summed E-state index contributed by atoms with van der Waals surface area (Å²) in [5.74, 6) is 0. The zero-order valence-corrected chi connectivity index (χ0v) is 35.9. The molecule has 0 aliphatic heterocycles. The molecule has 0 saturated heterocycles. The van der Waals surface area contributed by atoms with Crippen LogP contribution in [0.25, 0.3) is 96.0 Å². The van der Waals surface area contributed by atoms with Crippen molar-refractivity contribution in [2.45, 2.75) is 0 Å². The molecule has 0 N–H and O–H groups in total. The lowest BCUT2D eigenvalue weighted by molar-refractivity contribution is 1.28. The number of thiophene rings is 2. The fourth-order valence-electron chi connectivity index (χ4n) is 9.11. The Morgan fingerprint density at radius 1 is 0.238 bits per heavy atom. The predicted molar refractivity (Wildman–Crippen MR) is 274 cm³/mol. The smallest absolute Gasteiger partial charge is 0.0462 e. The second-order valence-corrected chi connectivity index (χ2v) is 18.2. The molecule has 0 amide bonds. The van der Waals surface area contributed by atoms with Gasteiger partial charge in [0.25, 0.3) is 0 Å². The third-order valence-corrected chi connectivity index (χ3v) is 14.6. The van der Waals surface area contributed by atoms with Gasteiger partial charge in [-0.1, -0.05) is 164 Å². The molecular formula is C60H39NS2. The van der Waals surface area contributed by atoms with Gasteiger partial charge < -0.3 is 4.90 Å². The van der Waals surface area contributed by atoms with E-state index in [1.165, 1.54) is 96.0 Å². The Labute approximate surface area is 375 Å².